The monoisotopic (exact) mass is 130 g/mol. The number of hydrogen-bond acceptors (Lipinski definition) is 2. The van der Waals surface area contributed by atoms with Crippen molar-refractivity contribution in [3.63, 3.8) is 0 Å². The molecular weight excluding hydrogens is 129 g/mol. The van der Waals surface area contributed by atoms with Crippen molar-refractivity contribution in [2.75, 3.05) is 0 Å². The van der Waals surface area contributed by atoms with E-state index in [1.165, 1.54) is 0 Å². The molecule has 0 aromatic heterocycles. The Bertz CT molecular complexity index is 6.00. The molecule has 0 unspecified atom stereocenters. The van der Waals surface area contributed by atoms with E-state index in [0.29, 0.717) is 0 Å². The van der Waals surface area contributed by atoms with Crippen LogP contribution in [0.5, 0.6) is 0 Å². The molecule has 0 atom stereocenters. The Kier molecular flexibility index (Phi) is 211. The molecule has 0 heterocycles. The molecule has 0 amide bonds. The van der Waals surface area contributed by atoms with E-state index in [9.17, 15) is 0 Å². The summed E-state index contributed by atoms with van der Waals surface area (Å²) in [4.78, 5) is 0. The van der Waals surface area contributed by atoms with Gasteiger partial charge < -0.3 is 10.0 Å². The molecule has 0 aliphatic carbocycles. The van der Waals surface area contributed by atoms with Crippen LogP contribution in [0.1, 0.15) is 0 Å². The first-order valence-electron chi connectivity index (χ1n) is 0.200. The molecule has 0 aliphatic rings. The average molecular weight is 131 g/mol. The summed E-state index contributed by atoms with van der Waals surface area (Å²) in [5.74, 6) is 0. The zero-order valence-corrected chi connectivity index (χ0v) is 5.87. The van der Waals surface area contributed by atoms with E-state index in [4.69, 9.17) is 4.55 Å². The summed E-state index contributed by atoms with van der Waals surface area (Å²) < 4.78 is 6.69. The molecule has 0 aromatic rings. The van der Waals surface area contributed by atoms with Gasteiger partial charge in [-0.2, -0.15) is 0 Å². The summed E-state index contributed by atoms with van der Waals surface area (Å²) in [5, 5.41) is 0. The largest absolute Gasteiger partial charge is 2.00 e. The minimum Gasteiger partial charge on any atom is -2.00 e. The van der Waals surface area contributed by atoms with Crippen LogP contribution in [-0.2, 0) is 25.0 Å². The van der Waals surface area contributed by atoms with Crippen molar-refractivity contribution in [2.45, 2.75) is 0 Å². The molecule has 0 saturated heterocycles. The second-order valence-electron chi connectivity index (χ2n) is 0. The topological polar surface area (TPSA) is 48.7 Å². The minimum absolute atomic E-state index is 0. The molecule has 0 fully saturated rings. The van der Waals surface area contributed by atoms with Crippen molar-refractivity contribution in [2.24, 2.45) is 0 Å². The van der Waals surface area contributed by atoms with Crippen molar-refractivity contribution in [3.8, 4) is 0 Å². The zero-order chi connectivity index (χ0) is 2.00. The van der Waals surface area contributed by atoms with Crippen molar-refractivity contribution in [1.82, 2.24) is 0 Å². The summed E-state index contributed by atoms with van der Waals surface area (Å²) >= 11 is 2.53. The van der Waals surface area contributed by atoms with Gasteiger partial charge in [0.25, 0.3) is 0 Å². The molecule has 0 spiro atoms. The Labute approximate surface area is 42.9 Å². The number of rotatable bonds is 0. The Hall–Kier alpha value is 0.893. The van der Waals surface area contributed by atoms with Crippen LogP contribution in [0.3, 0.4) is 0 Å². The molecule has 4 heavy (non-hydrogen) atoms. The molecule has 22 valence electrons. The van der Waals surface area contributed by atoms with Crippen LogP contribution in [0.25, 0.3) is 0 Å². The fourth-order valence-corrected chi connectivity index (χ4v) is 0. The second-order valence-corrected chi connectivity index (χ2v) is 0. The normalized spacial score (nSPS) is 1.50. The van der Waals surface area contributed by atoms with E-state index < -0.39 is 0 Å². The summed E-state index contributed by atoms with van der Waals surface area (Å²) in [6, 6.07) is 0. The van der Waals surface area contributed by atoms with Gasteiger partial charge in [-0.25, -0.2) is 0 Å². The maximum absolute atomic E-state index is 6.69. The standard InChI is InChI=1S/H2OS.O.Zn/c1-2;;/h1-2H;;/q;-2;+2. The molecule has 2 nitrogen and oxygen atoms in total. The van der Waals surface area contributed by atoms with Crippen molar-refractivity contribution >= 4 is 12.9 Å². The summed E-state index contributed by atoms with van der Waals surface area (Å²) in [5.41, 5.74) is 0. The van der Waals surface area contributed by atoms with Crippen LogP contribution in [0.2, 0.25) is 0 Å². The van der Waals surface area contributed by atoms with Crippen LogP contribution in [0.15, 0.2) is 0 Å². The van der Waals surface area contributed by atoms with E-state index in [1.54, 1.807) is 0 Å². The summed E-state index contributed by atoms with van der Waals surface area (Å²) in [6.07, 6.45) is 0. The number of thiol groups is 1. The van der Waals surface area contributed by atoms with Gasteiger partial charge in [-0.05, 0) is 12.9 Å². The van der Waals surface area contributed by atoms with Gasteiger partial charge in [0.2, 0.25) is 0 Å². The second kappa shape index (κ2) is 40.8. The van der Waals surface area contributed by atoms with Crippen LogP contribution < -0.4 is 0 Å². The van der Waals surface area contributed by atoms with Gasteiger partial charge in [0.15, 0.2) is 0 Å². The molecule has 1 N–H and O–H groups in total. The van der Waals surface area contributed by atoms with E-state index in [-0.39, 0.29) is 25.0 Å². The van der Waals surface area contributed by atoms with Crippen LogP contribution in [0, 0.1) is 0 Å². The molecular formula is H2O2SZn. The van der Waals surface area contributed by atoms with E-state index >= 15 is 0 Å². The van der Waals surface area contributed by atoms with Crippen LogP contribution in [-0.4, -0.2) is 4.55 Å². The fraction of sp³-hybridized carbons (Fsp3) is 0. The van der Waals surface area contributed by atoms with E-state index in [0.717, 1.165) is 0 Å². The van der Waals surface area contributed by atoms with Crippen LogP contribution >= 0.6 is 12.9 Å². The zero-order valence-electron chi connectivity index (χ0n) is 2.01. The minimum atomic E-state index is 0. The Morgan fingerprint density at radius 3 is 1.25 bits per heavy atom. The van der Waals surface area contributed by atoms with Gasteiger partial charge >= 0.3 is 19.5 Å². The Balaban J connectivity index is -0.00000000500. The predicted octanol–water partition coefficient (Wildman–Crippen LogP) is 0.268. The first kappa shape index (κ1) is 20.7. The van der Waals surface area contributed by atoms with Gasteiger partial charge in [-0.1, -0.05) is 0 Å². The predicted molar refractivity (Wildman–Crippen MR) is 12.3 cm³/mol. The quantitative estimate of drug-likeness (QED) is 0.277. The maximum Gasteiger partial charge on any atom is 2.00 e. The maximum atomic E-state index is 6.69. The third kappa shape index (κ3) is 13.0. The van der Waals surface area contributed by atoms with Gasteiger partial charge in [0.1, 0.15) is 0 Å². The SMILES string of the molecule is OS.[O-2].[Zn+2]. The molecule has 0 rings (SSSR count). The first-order chi connectivity index (χ1) is 1.00. The smallest absolute Gasteiger partial charge is 2.00 e. The van der Waals surface area contributed by atoms with Gasteiger partial charge in [0.05, 0.1) is 0 Å². The molecule has 0 bridgehead atoms. The molecule has 0 saturated carbocycles. The van der Waals surface area contributed by atoms with Gasteiger partial charge in [-0.3, -0.25) is 0 Å². The molecule has 0 aliphatic heterocycles. The van der Waals surface area contributed by atoms with E-state index in [2.05, 4.69) is 12.9 Å². The average Bonchev–Trinajstić information content (AvgIpc) is 1.00. The Morgan fingerprint density at radius 1 is 1.25 bits per heavy atom. The van der Waals surface area contributed by atoms with Crippen molar-refractivity contribution in [3.05, 3.63) is 0 Å². The molecule has 0 aromatic carbocycles. The third-order valence-electron chi connectivity index (χ3n) is 0. The van der Waals surface area contributed by atoms with Gasteiger partial charge in [-0.15, -0.1) is 0 Å². The first-order valence-corrected chi connectivity index (χ1v) is 0.600. The third-order valence-corrected chi connectivity index (χ3v) is 0. The molecule has 4 heteroatoms. The fourth-order valence-electron chi connectivity index (χ4n) is 0. The molecule has 0 radical (unpaired) electrons. The van der Waals surface area contributed by atoms with E-state index in [1.807, 2.05) is 0 Å². The Morgan fingerprint density at radius 2 is 1.25 bits per heavy atom. The van der Waals surface area contributed by atoms with Crippen LogP contribution in [0.4, 0.5) is 0 Å². The van der Waals surface area contributed by atoms with Crippen molar-refractivity contribution in [1.29, 1.82) is 0 Å². The number of hydrogen-bond donors (Lipinski definition) is 2. The summed E-state index contributed by atoms with van der Waals surface area (Å²) in [7, 11) is 0. The summed E-state index contributed by atoms with van der Waals surface area (Å²) in [6.45, 7) is 0. The van der Waals surface area contributed by atoms with Gasteiger partial charge in [0, 0.05) is 0 Å². The van der Waals surface area contributed by atoms with Crippen molar-refractivity contribution < 1.29 is 29.5 Å².